The lowest BCUT2D eigenvalue weighted by atomic mass is 10.2. The van der Waals surface area contributed by atoms with E-state index < -0.39 is 0 Å². The first kappa shape index (κ1) is 13.2. The van der Waals surface area contributed by atoms with Crippen LogP contribution in [0.25, 0.3) is 16.7 Å². The van der Waals surface area contributed by atoms with Crippen LogP contribution in [0.1, 0.15) is 17.1 Å². The van der Waals surface area contributed by atoms with Crippen molar-refractivity contribution in [2.24, 2.45) is 7.05 Å². The highest BCUT2D eigenvalue weighted by molar-refractivity contribution is 6.17. The normalized spacial score (nSPS) is 11.4. The molecule has 0 atom stereocenters. The second-order valence-corrected chi connectivity index (χ2v) is 5.45. The summed E-state index contributed by atoms with van der Waals surface area (Å²) in [6, 6.07) is 6.30. The van der Waals surface area contributed by atoms with Crippen molar-refractivity contribution < 1.29 is 0 Å². The number of rotatable bonds is 3. The third-order valence-electron chi connectivity index (χ3n) is 3.43. The Hall–Kier alpha value is -1.81. The number of aryl methyl sites for hydroxylation is 4. The van der Waals surface area contributed by atoms with E-state index in [1.807, 2.05) is 24.9 Å². The van der Waals surface area contributed by atoms with Gasteiger partial charge in [0, 0.05) is 25.5 Å². The summed E-state index contributed by atoms with van der Waals surface area (Å²) < 4.78 is 4.00. The van der Waals surface area contributed by atoms with Gasteiger partial charge in [-0.2, -0.15) is 5.10 Å². The topological polar surface area (TPSA) is 35.6 Å². The molecule has 3 aromatic rings. The van der Waals surface area contributed by atoms with Crippen molar-refractivity contribution in [2.45, 2.75) is 20.3 Å². The largest absolute Gasteiger partial charge is 0.293 e. The summed E-state index contributed by atoms with van der Waals surface area (Å²) in [5, 5.41) is 4.43. The molecule has 3 rings (SSSR count). The number of aromatic nitrogens is 4. The molecule has 0 amide bonds. The molecular formula is C15H17ClN4. The molecule has 2 aromatic heterocycles. The molecule has 0 unspecified atom stereocenters. The zero-order valence-corrected chi connectivity index (χ0v) is 12.6. The number of hydrogen-bond donors (Lipinski definition) is 0. The predicted octanol–water partition coefficient (Wildman–Crippen LogP) is 3.16. The molecule has 0 aliphatic heterocycles. The zero-order valence-electron chi connectivity index (χ0n) is 11.9. The van der Waals surface area contributed by atoms with Gasteiger partial charge in [0.25, 0.3) is 0 Å². The molecule has 0 aliphatic rings. The van der Waals surface area contributed by atoms with E-state index in [1.165, 1.54) is 5.56 Å². The zero-order chi connectivity index (χ0) is 14.3. The second-order valence-electron chi connectivity index (χ2n) is 5.07. The summed E-state index contributed by atoms with van der Waals surface area (Å²) in [4.78, 5) is 4.71. The molecule has 0 spiro atoms. The summed E-state index contributed by atoms with van der Waals surface area (Å²) in [7, 11) is 1.93. The average Bonchev–Trinajstić information content (AvgIpc) is 2.89. The standard InChI is InChI=1S/C15H17ClN4/c1-10-4-5-12-13(8-10)20(15(17-12)6-7-16)14-9-19(3)18-11(14)2/h4-5,8-9H,6-7H2,1-3H3. The van der Waals surface area contributed by atoms with Crippen LogP contribution in [0, 0.1) is 13.8 Å². The molecule has 0 radical (unpaired) electrons. The first-order valence-corrected chi connectivity index (χ1v) is 7.18. The van der Waals surface area contributed by atoms with Crippen LogP contribution in [-0.2, 0) is 13.5 Å². The Morgan fingerprint density at radius 1 is 1.25 bits per heavy atom. The molecule has 5 heteroatoms. The van der Waals surface area contributed by atoms with Crippen molar-refractivity contribution in [3.8, 4) is 5.69 Å². The maximum Gasteiger partial charge on any atom is 0.115 e. The summed E-state index contributed by atoms with van der Waals surface area (Å²) in [6.45, 7) is 4.11. The number of imidazole rings is 1. The van der Waals surface area contributed by atoms with E-state index >= 15 is 0 Å². The molecule has 0 saturated carbocycles. The van der Waals surface area contributed by atoms with Gasteiger partial charge in [0.1, 0.15) is 5.82 Å². The van der Waals surface area contributed by atoms with Crippen molar-refractivity contribution in [1.82, 2.24) is 19.3 Å². The van der Waals surface area contributed by atoms with E-state index in [0.717, 1.165) is 34.7 Å². The molecule has 104 valence electrons. The van der Waals surface area contributed by atoms with Gasteiger partial charge >= 0.3 is 0 Å². The monoisotopic (exact) mass is 288 g/mol. The van der Waals surface area contributed by atoms with Gasteiger partial charge in [0.15, 0.2) is 0 Å². The lowest BCUT2D eigenvalue weighted by Gasteiger charge is -2.07. The molecule has 1 aromatic carbocycles. The van der Waals surface area contributed by atoms with Gasteiger partial charge in [0.05, 0.1) is 22.4 Å². The van der Waals surface area contributed by atoms with Crippen LogP contribution >= 0.6 is 11.6 Å². The molecule has 20 heavy (non-hydrogen) atoms. The summed E-state index contributed by atoms with van der Waals surface area (Å²) in [5.41, 5.74) is 5.39. The fourth-order valence-corrected chi connectivity index (χ4v) is 2.73. The van der Waals surface area contributed by atoms with Crippen molar-refractivity contribution in [1.29, 1.82) is 0 Å². The van der Waals surface area contributed by atoms with Crippen molar-refractivity contribution in [3.63, 3.8) is 0 Å². The van der Waals surface area contributed by atoms with Crippen molar-refractivity contribution in [2.75, 3.05) is 5.88 Å². The second kappa shape index (κ2) is 4.94. The van der Waals surface area contributed by atoms with Gasteiger partial charge in [-0.15, -0.1) is 11.6 Å². The van der Waals surface area contributed by atoms with Gasteiger partial charge in [-0.05, 0) is 31.5 Å². The Labute approximate surface area is 123 Å². The van der Waals surface area contributed by atoms with E-state index in [2.05, 4.69) is 34.8 Å². The first-order valence-electron chi connectivity index (χ1n) is 6.64. The quantitative estimate of drug-likeness (QED) is 0.694. The van der Waals surface area contributed by atoms with Crippen molar-refractivity contribution >= 4 is 22.6 Å². The number of hydrogen-bond acceptors (Lipinski definition) is 2. The average molecular weight is 289 g/mol. The third-order valence-corrected chi connectivity index (χ3v) is 3.61. The van der Waals surface area contributed by atoms with Gasteiger partial charge in [-0.1, -0.05) is 6.07 Å². The molecule has 0 N–H and O–H groups in total. The van der Waals surface area contributed by atoms with E-state index in [1.54, 1.807) is 0 Å². The molecule has 2 heterocycles. The fourth-order valence-electron chi connectivity index (χ4n) is 2.56. The Kier molecular flexibility index (Phi) is 3.26. The Balaban J connectivity index is 2.33. The minimum atomic E-state index is 0.557. The molecule has 0 bridgehead atoms. The lowest BCUT2D eigenvalue weighted by molar-refractivity contribution is 0.756. The maximum absolute atomic E-state index is 5.93. The van der Waals surface area contributed by atoms with Gasteiger partial charge in [0.2, 0.25) is 0 Å². The first-order chi connectivity index (χ1) is 9.60. The van der Waals surface area contributed by atoms with Gasteiger partial charge < -0.3 is 0 Å². The predicted molar refractivity (Wildman–Crippen MR) is 81.7 cm³/mol. The van der Waals surface area contributed by atoms with Crippen LogP contribution in [-0.4, -0.2) is 25.2 Å². The minimum absolute atomic E-state index is 0.557. The van der Waals surface area contributed by atoms with E-state index in [-0.39, 0.29) is 0 Å². The number of benzene rings is 1. The smallest absolute Gasteiger partial charge is 0.115 e. The highest BCUT2D eigenvalue weighted by Gasteiger charge is 2.15. The summed E-state index contributed by atoms with van der Waals surface area (Å²) >= 11 is 5.93. The van der Waals surface area contributed by atoms with E-state index in [4.69, 9.17) is 16.6 Å². The highest BCUT2D eigenvalue weighted by Crippen LogP contribution is 2.24. The van der Waals surface area contributed by atoms with Crippen LogP contribution in [0.15, 0.2) is 24.4 Å². The van der Waals surface area contributed by atoms with Crippen LogP contribution < -0.4 is 0 Å². The van der Waals surface area contributed by atoms with Crippen LogP contribution in [0.2, 0.25) is 0 Å². The fraction of sp³-hybridized carbons (Fsp3) is 0.333. The molecule has 0 saturated heterocycles. The summed E-state index contributed by atoms with van der Waals surface area (Å²) in [6.07, 6.45) is 2.76. The van der Waals surface area contributed by atoms with E-state index in [9.17, 15) is 0 Å². The third kappa shape index (κ3) is 2.10. The van der Waals surface area contributed by atoms with Gasteiger partial charge in [-0.25, -0.2) is 4.98 Å². The molecule has 0 fully saturated rings. The van der Waals surface area contributed by atoms with Crippen molar-refractivity contribution in [3.05, 3.63) is 41.5 Å². The number of fused-ring (bicyclic) bond motifs is 1. The lowest BCUT2D eigenvalue weighted by Crippen LogP contribution is -2.02. The van der Waals surface area contributed by atoms with Crippen LogP contribution in [0.4, 0.5) is 0 Å². The number of nitrogens with zero attached hydrogens (tertiary/aromatic N) is 4. The Bertz CT molecular complexity index is 770. The number of halogens is 1. The van der Waals surface area contributed by atoms with Crippen LogP contribution in [0.3, 0.4) is 0 Å². The Morgan fingerprint density at radius 3 is 2.70 bits per heavy atom. The Morgan fingerprint density at radius 2 is 2.05 bits per heavy atom. The number of alkyl halides is 1. The maximum atomic E-state index is 5.93. The SMILES string of the molecule is Cc1ccc2nc(CCCl)n(-c3cn(C)nc3C)c2c1. The van der Waals surface area contributed by atoms with E-state index in [0.29, 0.717) is 5.88 Å². The highest BCUT2D eigenvalue weighted by atomic mass is 35.5. The summed E-state index contributed by atoms with van der Waals surface area (Å²) in [5.74, 6) is 1.54. The molecule has 0 aliphatic carbocycles. The molecule has 4 nitrogen and oxygen atoms in total. The van der Waals surface area contributed by atoms with Gasteiger partial charge in [-0.3, -0.25) is 9.25 Å². The van der Waals surface area contributed by atoms with Crippen LogP contribution in [0.5, 0.6) is 0 Å². The molecular weight excluding hydrogens is 272 g/mol. The minimum Gasteiger partial charge on any atom is -0.293 e.